The molecule has 4 aliphatic rings. The molecule has 252 valence electrons. The first-order valence-electron chi connectivity index (χ1n) is 16.9. The number of aliphatic hydroxyl groups excluding tert-OH is 1. The molecule has 0 aromatic carbocycles. The molecule has 0 bridgehead atoms. The second-order valence-electron chi connectivity index (χ2n) is 13.1. The highest BCUT2D eigenvalue weighted by Crippen LogP contribution is 2.34. The Morgan fingerprint density at radius 1 is 1.06 bits per heavy atom. The number of aromatic nitrogens is 5. The summed E-state index contributed by atoms with van der Waals surface area (Å²) in [6.07, 6.45) is 16.8. The van der Waals surface area contributed by atoms with Crippen LogP contribution in [0.5, 0.6) is 0 Å². The van der Waals surface area contributed by atoms with Crippen molar-refractivity contribution in [3.63, 3.8) is 0 Å². The Hall–Kier alpha value is -5.03. The highest BCUT2D eigenvalue weighted by molar-refractivity contribution is 6.06. The summed E-state index contributed by atoms with van der Waals surface area (Å²) in [5.41, 5.74) is 5.12. The van der Waals surface area contributed by atoms with Crippen LogP contribution in [-0.4, -0.2) is 91.5 Å². The summed E-state index contributed by atoms with van der Waals surface area (Å²) in [4.78, 5) is 47.0. The van der Waals surface area contributed by atoms with Gasteiger partial charge in [0.1, 0.15) is 34.9 Å². The molecule has 1 atom stereocenters. The SMILES string of the molecule is C#CC1CN(C2COC2)CCN1c1cnc(Nc2cc(-c3ccnc(N4CCn5c(cc6c5CCCC6)C4=O)c3CO)cn(C)c2=O)cn1. The summed E-state index contributed by atoms with van der Waals surface area (Å²) in [6.45, 7) is 4.63. The number of terminal acetylenes is 1. The van der Waals surface area contributed by atoms with E-state index in [-0.39, 0.29) is 24.1 Å². The third-order valence-corrected chi connectivity index (χ3v) is 10.3. The third kappa shape index (κ3) is 5.55. The van der Waals surface area contributed by atoms with Crippen molar-refractivity contribution in [2.45, 2.75) is 50.9 Å². The van der Waals surface area contributed by atoms with E-state index in [0.29, 0.717) is 64.7 Å². The van der Waals surface area contributed by atoms with E-state index >= 15 is 0 Å². The number of anilines is 4. The van der Waals surface area contributed by atoms with E-state index in [4.69, 9.17) is 11.2 Å². The van der Waals surface area contributed by atoms with Gasteiger partial charge in [0.05, 0.1) is 38.3 Å². The number of fused-ring (bicyclic) bond motifs is 3. The van der Waals surface area contributed by atoms with Crippen molar-refractivity contribution in [2.75, 3.05) is 54.5 Å². The monoisotopic (exact) mass is 661 g/mol. The molecule has 4 aromatic rings. The summed E-state index contributed by atoms with van der Waals surface area (Å²) in [7, 11) is 1.67. The van der Waals surface area contributed by atoms with Crippen LogP contribution in [0.2, 0.25) is 0 Å². The molecule has 0 saturated carbocycles. The molecule has 1 unspecified atom stereocenters. The van der Waals surface area contributed by atoms with Crippen LogP contribution >= 0.6 is 0 Å². The quantitative estimate of drug-likeness (QED) is 0.285. The number of carbonyl (C=O) groups excluding carboxylic acids is 1. The van der Waals surface area contributed by atoms with Crippen molar-refractivity contribution in [3.8, 4) is 23.5 Å². The summed E-state index contributed by atoms with van der Waals surface area (Å²) in [5, 5.41) is 13.8. The van der Waals surface area contributed by atoms with E-state index in [9.17, 15) is 14.7 Å². The fourth-order valence-electron chi connectivity index (χ4n) is 7.59. The summed E-state index contributed by atoms with van der Waals surface area (Å²) < 4.78 is 9.00. The van der Waals surface area contributed by atoms with Gasteiger partial charge in [0.15, 0.2) is 0 Å². The van der Waals surface area contributed by atoms with Gasteiger partial charge in [-0.25, -0.2) is 15.0 Å². The van der Waals surface area contributed by atoms with E-state index in [1.165, 1.54) is 15.8 Å². The average Bonchev–Trinajstić information content (AvgIpc) is 3.49. The van der Waals surface area contributed by atoms with Gasteiger partial charge in [0, 0.05) is 69.0 Å². The number of hydrogen-bond donors (Lipinski definition) is 2. The van der Waals surface area contributed by atoms with Gasteiger partial charge in [0.2, 0.25) is 0 Å². The standard InChI is InChI=1S/C36H39N9O4/c1-3-25-19-42(26-21-49-22-26)10-11-43(25)33-17-38-32(16-39-33)40-29-14-24(18-41(2)35(29)47)27-8-9-37-34(28(27)20-46)45-13-12-44-30-7-5-4-6-23(30)15-31(44)36(45)48/h1,8-9,14-18,25-26,46H,4-7,10-13,19-22H2,2H3,(H,38,40). The minimum atomic E-state index is -0.334. The van der Waals surface area contributed by atoms with Crippen molar-refractivity contribution in [3.05, 3.63) is 75.9 Å². The fraction of sp³-hybridized carbons (Fsp3) is 0.417. The summed E-state index contributed by atoms with van der Waals surface area (Å²) in [5.74, 6) is 4.29. The number of aliphatic hydroxyl groups is 1. The molecular formula is C36H39N9O4. The van der Waals surface area contributed by atoms with Crippen LogP contribution in [0.1, 0.15) is 40.2 Å². The molecule has 1 amide bonds. The van der Waals surface area contributed by atoms with Crippen LogP contribution < -0.4 is 20.7 Å². The second-order valence-corrected chi connectivity index (χ2v) is 13.1. The van der Waals surface area contributed by atoms with Gasteiger partial charge in [-0.1, -0.05) is 5.92 Å². The second kappa shape index (κ2) is 12.8. The predicted molar refractivity (Wildman–Crippen MR) is 185 cm³/mol. The number of amides is 1. The Morgan fingerprint density at radius 2 is 1.92 bits per heavy atom. The first-order valence-corrected chi connectivity index (χ1v) is 16.9. The number of nitrogens with one attached hydrogen (secondary N) is 1. The molecule has 2 fully saturated rings. The number of nitrogens with zero attached hydrogens (tertiary/aromatic N) is 8. The number of hydrogen-bond acceptors (Lipinski definition) is 10. The predicted octanol–water partition coefficient (Wildman–Crippen LogP) is 2.34. The van der Waals surface area contributed by atoms with Crippen molar-refractivity contribution in [1.29, 1.82) is 0 Å². The molecule has 2 N–H and O–H groups in total. The number of rotatable bonds is 7. The van der Waals surface area contributed by atoms with E-state index in [0.717, 1.165) is 58.5 Å². The van der Waals surface area contributed by atoms with Crippen molar-refractivity contribution < 1.29 is 14.6 Å². The molecule has 1 aliphatic carbocycles. The van der Waals surface area contributed by atoms with Crippen LogP contribution in [0.4, 0.5) is 23.1 Å². The fourth-order valence-corrected chi connectivity index (χ4v) is 7.59. The normalized spacial score (nSPS) is 19.6. The van der Waals surface area contributed by atoms with Crippen LogP contribution in [-0.2, 0) is 37.8 Å². The van der Waals surface area contributed by atoms with Crippen LogP contribution in [0.25, 0.3) is 11.1 Å². The molecule has 7 heterocycles. The Labute approximate surface area is 284 Å². The van der Waals surface area contributed by atoms with Crippen LogP contribution in [0.3, 0.4) is 0 Å². The van der Waals surface area contributed by atoms with E-state index in [1.54, 1.807) is 48.9 Å². The lowest BCUT2D eigenvalue weighted by Crippen LogP contribution is -2.60. The average molecular weight is 662 g/mol. The maximum Gasteiger partial charge on any atom is 0.276 e. The Bertz CT molecular complexity index is 2010. The topological polar surface area (TPSA) is 134 Å². The highest BCUT2D eigenvalue weighted by atomic mass is 16.5. The molecule has 13 nitrogen and oxygen atoms in total. The largest absolute Gasteiger partial charge is 0.392 e. The van der Waals surface area contributed by atoms with Gasteiger partial charge in [-0.2, -0.15) is 0 Å². The number of ether oxygens (including phenoxy) is 1. The molecule has 0 radical (unpaired) electrons. The minimum Gasteiger partial charge on any atom is -0.392 e. The van der Waals surface area contributed by atoms with E-state index in [1.807, 2.05) is 6.07 Å². The minimum absolute atomic E-state index is 0.117. The molecule has 3 aliphatic heterocycles. The third-order valence-electron chi connectivity index (χ3n) is 10.3. The van der Waals surface area contributed by atoms with Gasteiger partial charge in [0.25, 0.3) is 11.5 Å². The molecule has 13 heteroatoms. The molecule has 8 rings (SSSR count). The molecular weight excluding hydrogens is 622 g/mol. The Morgan fingerprint density at radius 3 is 2.67 bits per heavy atom. The Balaban J connectivity index is 1.04. The highest BCUT2D eigenvalue weighted by Gasteiger charge is 2.34. The van der Waals surface area contributed by atoms with Crippen molar-refractivity contribution in [1.82, 2.24) is 29.0 Å². The number of aryl methyl sites for hydroxylation is 2. The molecule has 4 aromatic heterocycles. The maximum absolute atomic E-state index is 13.8. The van der Waals surface area contributed by atoms with E-state index in [2.05, 4.69) is 40.6 Å². The Kier molecular flexibility index (Phi) is 8.15. The number of carbonyl (C=O) groups is 1. The molecule has 49 heavy (non-hydrogen) atoms. The molecule has 0 spiro atoms. The lowest BCUT2D eigenvalue weighted by atomic mass is 9.98. The first-order chi connectivity index (χ1) is 23.9. The zero-order valence-electron chi connectivity index (χ0n) is 27.5. The van der Waals surface area contributed by atoms with Crippen molar-refractivity contribution >= 4 is 29.0 Å². The lowest BCUT2D eigenvalue weighted by molar-refractivity contribution is -0.0680. The lowest BCUT2D eigenvalue weighted by Gasteiger charge is -2.45. The van der Waals surface area contributed by atoms with E-state index < -0.39 is 0 Å². The van der Waals surface area contributed by atoms with Gasteiger partial charge in [-0.05, 0) is 55.0 Å². The zero-order valence-corrected chi connectivity index (χ0v) is 27.5. The zero-order chi connectivity index (χ0) is 33.6. The van der Waals surface area contributed by atoms with Crippen LogP contribution in [0.15, 0.2) is 47.8 Å². The first kappa shape index (κ1) is 31.3. The maximum atomic E-state index is 13.8. The van der Waals surface area contributed by atoms with Gasteiger partial charge >= 0.3 is 0 Å². The van der Waals surface area contributed by atoms with Gasteiger partial charge in [-0.15, -0.1) is 6.42 Å². The van der Waals surface area contributed by atoms with Gasteiger partial charge < -0.3 is 29.2 Å². The van der Waals surface area contributed by atoms with Gasteiger partial charge in [-0.3, -0.25) is 19.4 Å². The molecule has 2 saturated heterocycles. The summed E-state index contributed by atoms with van der Waals surface area (Å²) in [6, 6.07) is 5.85. The van der Waals surface area contributed by atoms with Crippen molar-refractivity contribution in [2.24, 2.45) is 7.05 Å². The summed E-state index contributed by atoms with van der Waals surface area (Å²) >= 11 is 0. The number of pyridine rings is 2. The smallest absolute Gasteiger partial charge is 0.276 e. The van der Waals surface area contributed by atoms with Crippen LogP contribution in [0, 0.1) is 12.3 Å². The number of piperazine rings is 1.